The third-order valence-corrected chi connectivity index (χ3v) is 2.70. The normalized spacial score (nSPS) is 13.0. The number of hydrogen-bond donors (Lipinski definition) is 1. The first-order chi connectivity index (χ1) is 9.48. The Morgan fingerprint density at radius 3 is 2.45 bits per heavy atom. The molecule has 0 radical (unpaired) electrons. The van der Waals surface area contributed by atoms with E-state index in [0.717, 1.165) is 11.6 Å². The minimum Gasteiger partial charge on any atom is -0.475 e. The molecule has 0 aliphatic heterocycles. The second-order valence-corrected chi connectivity index (χ2v) is 4.18. The lowest BCUT2D eigenvalue weighted by Crippen LogP contribution is -2.20. The molecule has 0 aliphatic rings. The Morgan fingerprint density at radius 2 is 1.80 bits per heavy atom. The summed E-state index contributed by atoms with van der Waals surface area (Å²) in [5, 5.41) is 0. The highest BCUT2D eigenvalue weighted by Gasteiger charge is 2.35. The molecule has 106 valence electrons. The van der Waals surface area contributed by atoms with Crippen LogP contribution in [0, 0.1) is 0 Å². The Morgan fingerprint density at radius 1 is 1.10 bits per heavy atom. The van der Waals surface area contributed by atoms with E-state index in [4.69, 9.17) is 10.5 Å². The highest BCUT2D eigenvalue weighted by molar-refractivity contribution is 5.28. The van der Waals surface area contributed by atoms with Crippen LogP contribution >= 0.6 is 0 Å². The standard InChI is InChI=1S/C14H13F3N2O/c15-14(16,17)11-7-4-8-19-13(11)20-9-12(18)10-5-2-1-3-6-10/h1-8,12H,9,18H2. The largest absolute Gasteiger partial charge is 0.475 e. The van der Waals surface area contributed by atoms with Crippen LogP contribution in [-0.4, -0.2) is 11.6 Å². The first-order valence-corrected chi connectivity index (χ1v) is 5.94. The smallest absolute Gasteiger partial charge is 0.421 e. The van der Waals surface area contributed by atoms with E-state index in [1.165, 1.54) is 12.3 Å². The summed E-state index contributed by atoms with van der Waals surface area (Å²) >= 11 is 0. The third kappa shape index (κ3) is 3.48. The molecule has 1 aromatic carbocycles. The fourth-order valence-corrected chi connectivity index (χ4v) is 1.69. The summed E-state index contributed by atoms with van der Waals surface area (Å²) in [5.41, 5.74) is 5.75. The zero-order chi connectivity index (χ0) is 14.6. The second-order valence-electron chi connectivity index (χ2n) is 4.18. The summed E-state index contributed by atoms with van der Waals surface area (Å²) in [7, 11) is 0. The molecular weight excluding hydrogens is 269 g/mol. The van der Waals surface area contributed by atoms with Gasteiger partial charge in [-0.3, -0.25) is 0 Å². The van der Waals surface area contributed by atoms with Gasteiger partial charge in [-0.25, -0.2) is 4.98 Å². The van der Waals surface area contributed by atoms with Crippen molar-refractivity contribution in [2.75, 3.05) is 6.61 Å². The van der Waals surface area contributed by atoms with E-state index in [0.29, 0.717) is 0 Å². The number of ether oxygens (including phenoxy) is 1. The average Bonchev–Trinajstić information content (AvgIpc) is 2.45. The minimum absolute atomic E-state index is 0.0793. The molecule has 2 aromatic rings. The van der Waals surface area contributed by atoms with Crippen molar-refractivity contribution in [3.8, 4) is 5.88 Å². The van der Waals surface area contributed by atoms with Crippen LogP contribution in [0.1, 0.15) is 17.2 Å². The molecule has 1 heterocycles. The third-order valence-electron chi connectivity index (χ3n) is 2.70. The van der Waals surface area contributed by atoms with E-state index >= 15 is 0 Å². The van der Waals surface area contributed by atoms with Crippen molar-refractivity contribution >= 4 is 0 Å². The van der Waals surface area contributed by atoms with Crippen LogP contribution in [-0.2, 0) is 6.18 Å². The maximum atomic E-state index is 12.7. The highest BCUT2D eigenvalue weighted by atomic mass is 19.4. The van der Waals surface area contributed by atoms with E-state index in [1.54, 1.807) is 24.3 Å². The molecule has 0 amide bonds. The van der Waals surface area contributed by atoms with Crippen LogP contribution in [0.5, 0.6) is 5.88 Å². The molecule has 2 rings (SSSR count). The van der Waals surface area contributed by atoms with Gasteiger partial charge in [0, 0.05) is 6.20 Å². The van der Waals surface area contributed by atoms with E-state index in [9.17, 15) is 13.2 Å². The van der Waals surface area contributed by atoms with Gasteiger partial charge in [0.25, 0.3) is 0 Å². The molecule has 0 fully saturated rings. The predicted octanol–water partition coefficient (Wildman–Crippen LogP) is 3.18. The van der Waals surface area contributed by atoms with E-state index in [2.05, 4.69) is 4.98 Å². The monoisotopic (exact) mass is 282 g/mol. The van der Waals surface area contributed by atoms with Gasteiger partial charge in [0.1, 0.15) is 12.2 Å². The van der Waals surface area contributed by atoms with Crippen molar-refractivity contribution in [2.45, 2.75) is 12.2 Å². The van der Waals surface area contributed by atoms with Gasteiger partial charge in [-0.2, -0.15) is 13.2 Å². The number of nitrogens with zero attached hydrogens (tertiary/aromatic N) is 1. The number of alkyl halides is 3. The van der Waals surface area contributed by atoms with Gasteiger partial charge in [0.2, 0.25) is 5.88 Å². The minimum atomic E-state index is -4.50. The van der Waals surface area contributed by atoms with Gasteiger partial charge in [-0.15, -0.1) is 0 Å². The summed E-state index contributed by atoms with van der Waals surface area (Å²) in [5.74, 6) is -0.452. The van der Waals surface area contributed by atoms with Gasteiger partial charge < -0.3 is 10.5 Å². The first kappa shape index (κ1) is 14.3. The summed E-state index contributed by atoms with van der Waals surface area (Å²) in [6, 6.07) is 10.6. The van der Waals surface area contributed by atoms with Crippen molar-refractivity contribution in [3.63, 3.8) is 0 Å². The molecule has 0 bridgehead atoms. The molecule has 1 aromatic heterocycles. The van der Waals surface area contributed by atoms with Crippen LogP contribution in [0.4, 0.5) is 13.2 Å². The summed E-state index contributed by atoms with van der Waals surface area (Å²) < 4.78 is 43.4. The molecule has 3 nitrogen and oxygen atoms in total. The maximum absolute atomic E-state index is 12.7. The molecule has 0 saturated carbocycles. The number of aromatic nitrogens is 1. The van der Waals surface area contributed by atoms with E-state index in [-0.39, 0.29) is 6.61 Å². The van der Waals surface area contributed by atoms with Crippen molar-refractivity contribution in [2.24, 2.45) is 5.73 Å². The van der Waals surface area contributed by atoms with Crippen LogP contribution < -0.4 is 10.5 Å². The quantitative estimate of drug-likeness (QED) is 0.937. The molecule has 1 atom stereocenters. The lowest BCUT2D eigenvalue weighted by atomic mass is 10.1. The van der Waals surface area contributed by atoms with Crippen molar-refractivity contribution in [1.82, 2.24) is 4.98 Å². The molecule has 0 spiro atoms. The number of pyridine rings is 1. The average molecular weight is 282 g/mol. The maximum Gasteiger partial charge on any atom is 0.421 e. The van der Waals surface area contributed by atoms with Gasteiger partial charge in [-0.1, -0.05) is 30.3 Å². The summed E-state index contributed by atoms with van der Waals surface area (Å²) in [4.78, 5) is 3.61. The Hall–Kier alpha value is -2.08. The van der Waals surface area contributed by atoms with Gasteiger partial charge in [0.15, 0.2) is 0 Å². The van der Waals surface area contributed by atoms with Crippen molar-refractivity contribution in [1.29, 1.82) is 0 Å². The number of nitrogens with two attached hydrogens (primary N) is 1. The summed E-state index contributed by atoms with van der Waals surface area (Å²) in [6.07, 6.45) is -3.25. The van der Waals surface area contributed by atoms with Crippen LogP contribution in [0.25, 0.3) is 0 Å². The number of rotatable bonds is 4. The van der Waals surface area contributed by atoms with Crippen LogP contribution in [0.15, 0.2) is 48.7 Å². The molecule has 20 heavy (non-hydrogen) atoms. The Balaban J connectivity index is 2.08. The van der Waals surface area contributed by atoms with Gasteiger partial charge in [0.05, 0.1) is 6.04 Å². The molecule has 6 heteroatoms. The first-order valence-electron chi connectivity index (χ1n) is 5.94. The summed E-state index contributed by atoms with van der Waals surface area (Å²) in [6.45, 7) is -0.0793. The van der Waals surface area contributed by atoms with Crippen LogP contribution in [0.2, 0.25) is 0 Å². The van der Waals surface area contributed by atoms with Gasteiger partial charge in [-0.05, 0) is 17.7 Å². The van der Waals surface area contributed by atoms with Crippen LogP contribution in [0.3, 0.4) is 0 Å². The molecule has 0 aliphatic carbocycles. The van der Waals surface area contributed by atoms with Crippen molar-refractivity contribution in [3.05, 3.63) is 59.8 Å². The lowest BCUT2D eigenvalue weighted by molar-refractivity contribution is -0.139. The Kier molecular flexibility index (Phi) is 4.24. The Labute approximate surface area is 114 Å². The number of hydrogen-bond acceptors (Lipinski definition) is 3. The fourth-order valence-electron chi connectivity index (χ4n) is 1.69. The molecule has 0 saturated heterocycles. The second kappa shape index (κ2) is 5.92. The molecular formula is C14H13F3N2O. The zero-order valence-corrected chi connectivity index (χ0v) is 10.5. The van der Waals surface area contributed by atoms with E-state index < -0.39 is 23.7 Å². The zero-order valence-electron chi connectivity index (χ0n) is 10.5. The van der Waals surface area contributed by atoms with E-state index in [1.807, 2.05) is 6.07 Å². The fraction of sp³-hybridized carbons (Fsp3) is 0.214. The van der Waals surface area contributed by atoms with Gasteiger partial charge >= 0.3 is 6.18 Å². The molecule has 2 N–H and O–H groups in total. The Bertz CT molecular complexity index is 558. The SMILES string of the molecule is NC(COc1ncccc1C(F)(F)F)c1ccccc1. The highest BCUT2D eigenvalue weighted by Crippen LogP contribution is 2.34. The number of benzene rings is 1. The topological polar surface area (TPSA) is 48.1 Å². The predicted molar refractivity (Wildman–Crippen MR) is 68.1 cm³/mol. The van der Waals surface area contributed by atoms with Crippen molar-refractivity contribution < 1.29 is 17.9 Å². The lowest BCUT2D eigenvalue weighted by Gasteiger charge is -2.16. The number of halogens is 3. The molecule has 1 unspecified atom stereocenters.